The molecule has 0 unspecified atom stereocenters. The summed E-state index contributed by atoms with van der Waals surface area (Å²) in [4.78, 5) is 12.5. The molecule has 1 saturated heterocycles. The van der Waals surface area contributed by atoms with Crippen molar-refractivity contribution >= 4 is 17.7 Å². The SMILES string of the molecule is COC(=O)[C@]1(c2ccccc2)N[C@H](c2ccccc2)C(c2ccccc2)(c2ccccc2)S1. The van der Waals surface area contributed by atoms with E-state index in [1.807, 2.05) is 60.7 Å². The third-order valence-corrected chi connectivity index (χ3v) is 8.12. The Hall–Kier alpha value is -3.34. The Bertz CT molecular complexity index is 1180. The molecule has 3 nitrogen and oxygen atoms in total. The number of thioether (sulfide) groups is 1. The number of carbonyl (C=O) groups is 1. The highest BCUT2D eigenvalue weighted by molar-refractivity contribution is 8.02. The van der Waals surface area contributed by atoms with Crippen molar-refractivity contribution in [2.45, 2.75) is 15.7 Å². The van der Waals surface area contributed by atoms with Crippen LogP contribution in [-0.4, -0.2) is 13.1 Å². The van der Waals surface area contributed by atoms with Gasteiger partial charge >= 0.3 is 5.97 Å². The number of hydrogen-bond acceptors (Lipinski definition) is 4. The van der Waals surface area contributed by atoms with Gasteiger partial charge < -0.3 is 4.74 Å². The number of esters is 1. The maximum absolute atomic E-state index is 13.6. The molecule has 1 aliphatic rings. The normalized spacial score (nSPS) is 21.4. The van der Waals surface area contributed by atoms with Crippen molar-refractivity contribution < 1.29 is 9.53 Å². The van der Waals surface area contributed by atoms with Crippen molar-refractivity contribution in [2.75, 3.05) is 7.11 Å². The van der Waals surface area contributed by atoms with Crippen LogP contribution in [-0.2, 0) is 19.1 Å². The first-order chi connectivity index (χ1) is 16.2. The van der Waals surface area contributed by atoms with Crippen molar-refractivity contribution in [3.8, 4) is 0 Å². The zero-order valence-electron chi connectivity index (χ0n) is 18.3. The predicted molar refractivity (Wildman–Crippen MR) is 134 cm³/mol. The highest BCUT2D eigenvalue weighted by Gasteiger charge is 2.62. The van der Waals surface area contributed by atoms with Gasteiger partial charge in [0.25, 0.3) is 0 Å². The molecule has 1 heterocycles. The maximum atomic E-state index is 13.6. The van der Waals surface area contributed by atoms with Gasteiger partial charge in [-0.3, -0.25) is 5.32 Å². The van der Waals surface area contributed by atoms with E-state index < -0.39 is 9.62 Å². The Labute approximate surface area is 198 Å². The summed E-state index contributed by atoms with van der Waals surface area (Å²) in [7, 11) is 1.46. The van der Waals surface area contributed by atoms with E-state index in [0.29, 0.717) is 0 Å². The number of hydrogen-bond donors (Lipinski definition) is 1. The molecule has 0 radical (unpaired) electrons. The van der Waals surface area contributed by atoms with Gasteiger partial charge in [-0.1, -0.05) is 121 Å². The minimum Gasteiger partial charge on any atom is -0.467 e. The van der Waals surface area contributed by atoms with Gasteiger partial charge in [-0.15, -0.1) is 11.8 Å². The molecule has 2 atom stereocenters. The summed E-state index contributed by atoms with van der Waals surface area (Å²) in [6, 6.07) is 40.9. The van der Waals surface area contributed by atoms with E-state index in [9.17, 15) is 4.79 Å². The van der Waals surface area contributed by atoms with Crippen LogP contribution in [0.3, 0.4) is 0 Å². The summed E-state index contributed by atoms with van der Waals surface area (Å²) in [5.74, 6) is -0.312. The van der Waals surface area contributed by atoms with Gasteiger partial charge in [0, 0.05) is 0 Å². The Morgan fingerprint density at radius 3 is 1.58 bits per heavy atom. The zero-order valence-corrected chi connectivity index (χ0v) is 19.2. The molecular formula is C29H25NO2S. The summed E-state index contributed by atoms with van der Waals surface area (Å²) in [6.45, 7) is 0. The lowest BCUT2D eigenvalue weighted by molar-refractivity contribution is -0.144. The van der Waals surface area contributed by atoms with Crippen molar-refractivity contribution in [3.05, 3.63) is 144 Å². The number of nitrogens with one attached hydrogen (secondary N) is 1. The monoisotopic (exact) mass is 451 g/mol. The fraction of sp³-hybridized carbons (Fsp3) is 0.138. The van der Waals surface area contributed by atoms with E-state index in [4.69, 9.17) is 4.74 Å². The predicted octanol–water partition coefficient (Wildman–Crippen LogP) is 6.03. The van der Waals surface area contributed by atoms with Crippen LogP contribution >= 0.6 is 11.8 Å². The fourth-order valence-corrected chi connectivity index (χ4v) is 6.67. The summed E-state index contributed by atoms with van der Waals surface area (Å²) >= 11 is 1.61. The molecule has 164 valence electrons. The van der Waals surface area contributed by atoms with Crippen LogP contribution in [0.1, 0.15) is 28.3 Å². The first-order valence-corrected chi connectivity index (χ1v) is 11.8. The van der Waals surface area contributed by atoms with Crippen LogP contribution in [0.25, 0.3) is 0 Å². The molecule has 0 amide bonds. The molecule has 0 saturated carbocycles. The van der Waals surface area contributed by atoms with Crippen molar-refractivity contribution in [1.82, 2.24) is 5.32 Å². The molecule has 1 aliphatic heterocycles. The molecule has 0 bridgehead atoms. The van der Waals surface area contributed by atoms with Gasteiger partial charge in [-0.05, 0) is 22.3 Å². The largest absolute Gasteiger partial charge is 0.467 e. The zero-order chi connectivity index (χ0) is 22.7. The molecule has 0 spiro atoms. The molecule has 4 aromatic rings. The minimum atomic E-state index is -1.08. The molecule has 4 aromatic carbocycles. The van der Waals surface area contributed by atoms with E-state index in [1.54, 1.807) is 11.8 Å². The summed E-state index contributed by atoms with van der Waals surface area (Å²) in [5, 5.41) is 3.76. The molecular weight excluding hydrogens is 426 g/mol. The lowest BCUT2D eigenvalue weighted by atomic mass is 9.80. The van der Waals surface area contributed by atoms with Gasteiger partial charge in [0.05, 0.1) is 17.9 Å². The molecule has 33 heavy (non-hydrogen) atoms. The minimum absolute atomic E-state index is 0.187. The first kappa shape index (κ1) is 21.5. The second-order valence-corrected chi connectivity index (χ2v) is 9.56. The lowest BCUT2D eigenvalue weighted by Gasteiger charge is -2.36. The van der Waals surface area contributed by atoms with Crippen LogP contribution in [0.4, 0.5) is 0 Å². The topological polar surface area (TPSA) is 38.3 Å². The third kappa shape index (κ3) is 3.56. The van der Waals surface area contributed by atoms with Crippen LogP contribution in [0.2, 0.25) is 0 Å². The van der Waals surface area contributed by atoms with Crippen molar-refractivity contribution in [2.24, 2.45) is 0 Å². The maximum Gasteiger partial charge on any atom is 0.341 e. The summed E-state index contributed by atoms with van der Waals surface area (Å²) in [5.41, 5.74) is 4.24. The standard InChI is InChI=1S/C29H25NO2S/c1-32-27(31)29(25-20-12-5-13-21-25)30-26(22-14-6-2-7-15-22)28(33-29,23-16-8-3-9-17-23)24-18-10-4-11-19-24/h2-21,26,30H,1H3/t26-,29-/m1/s1. The van der Waals surface area contributed by atoms with E-state index in [2.05, 4.69) is 66.0 Å². The first-order valence-electron chi connectivity index (χ1n) is 11.0. The third-order valence-electron chi connectivity index (χ3n) is 6.26. The molecule has 0 aromatic heterocycles. The lowest BCUT2D eigenvalue weighted by Crippen LogP contribution is -2.44. The number of methoxy groups -OCH3 is 1. The molecule has 4 heteroatoms. The Morgan fingerprint density at radius 2 is 1.12 bits per heavy atom. The van der Waals surface area contributed by atoms with E-state index >= 15 is 0 Å². The Balaban J connectivity index is 1.83. The van der Waals surface area contributed by atoms with Gasteiger partial charge in [0.15, 0.2) is 4.87 Å². The van der Waals surface area contributed by atoms with Crippen molar-refractivity contribution in [1.29, 1.82) is 0 Å². The van der Waals surface area contributed by atoms with Gasteiger partial charge in [0.1, 0.15) is 0 Å². The fourth-order valence-electron chi connectivity index (χ4n) is 4.76. The van der Waals surface area contributed by atoms with Gasteiger partial charge in [0.2, 0.25) is 0 Å². The average Bonchev–Trinajstić information content (AvgIpc) is 3.29. The molecule has 1 fully saturated rings. The number of carbonyl (C=O) groups excluding carboxylic acids is 1. The number of ether oxygens (including phenoxy) is 1. The number of rotatable bonds is 5. The molecule has 1 N–H and O–H groups in total. The quantitative estimate of drug-likeness (QED) is 0.376. The smallest absolute Gasteiger partial charge is 0.341 e. The van der Waals surface area contributed by atoms with Crippen LogP contribution in [0, 0.1) is 0 Å². The van der Waals surface area contributed by atoms with Crippen LogP contribution in [0.5, 0.6) is 0 Å². The second-order valence-electron chi connectivity index (χ2n) is 8.10. The highest BCUT2D eigenvalue weighted by atomic mass is 32.2. The van der Waals surface area contributed by atoms with Gasteiger partial charge in [-0.25, -0.2) is 4.79 Å². The molecule has 5 rings (SSSR count). The Kier molecular flexibility index (Phi) is 5.79. The summed E-state index contributed by atoms with van der Waals surface area (Å²) < 4.78 is 4.84. The van der Waals surface area contributed by atoms with Crippen molar-refractivity contribution in [3.63, 3.8) is 0 Å². The van der Waals surface area contributed by atoms with E-state index in [1.165, 1.54) is 7.11 Å². The van der Waals surface area contributed by atoms with Crippen LogP contribution < -0.4 is 5.32 Å². The Morgan fingerprint density at radius 1 is 0.697 bits per heavy atom. The van der Waals surface area contributed by atoms with E-state index in [0.717, 1.165) is 22.3 Å². The number of benzene rings is 4. The average molecular weight is 452 g/mol. The van der Waals surface area contributed by atoms with Crippen LogP contribution in [0.15, 0.2) is 121 Å². The van der Waals surface area contributed by atoms with E-state index in [-0.39, 0.29) is 12.0 Å². The summed E-state index contributed by atoms with van der Waals surface area (Å²) in [6.07, 6.45) is 0. The highest BCUT2D eigenvalue weighted by Crippen LogP contribution is 2.64. The molecule has 0 aliphatic carbocycles. The second kappa shape index (κ2) is 8.89. The van der Waals surface area contributed by atoms with Gasteiger partial charge in [-0.2, -0.15) is 0 Å².